The predicted molar refractivity (Wildman–Crippen MR) is 97.5 cm³/mol. The summed E-state index contributed by atoms with van der Waals surface area (Å²) in [5, 5.41) is 0. The maximum Gasteiger partial charge on any atom is 0.178 e. The first-order valence-corrected chi connectivity index (χ1v) is 6.99. The van der Waals surface area contributed by atoms with Gasteiger partial charge in [0.15, 0.2) is 36.9 Å². The highest BCUT2D eigenvalue weighted by Crippen LogP contribution is 1.99. The molecule has 0 spiro atoms. The maximum absolute atomic E-state index is 2.33. The van der Waals surface area contributed by atoms with Gasteiger partial charge in [-0.1, -0.05) is 0 Å². The quantitative estimate of drug-likeness (QED) is 0.669. The minimum absolute atomic E-state index is 0. The number of nitrogens with zero attached hydrogens (tertiary/aromatic N) is 2. The van der Waals surface area contributed by atoms with Gasteiger partial charge in [0.1, 0.15) is 0 Å². The Balaban J connectivity index is 0.00000200. The van der Waals surface area contributed by atoms with Crippen molar-refractivity contribution >= 4 is 34.0 Å². The van der Waals surface area contributed by atoms with Crippen molar-refractivity contribution in [2.45, 2.75) is 47.2 Å². The fourth-order valence-corrected chi connectivity index (χ4v) is 2.48. The van der Waals surface area contributed by atoms with E-state index in [0.717, 1.165) is 19.5 Å². The molecule has 0 bridgehead atoms. The molecule has 0 aliphatic rings. The second kappa shape index (κ2) is 9.31. The Morgan fingerprint density at radius 3 is 1.43 bits per heavy atom. The van der Waals surface area contributed by atoms with E-state index < -0.39 is 0 Å². The van der Waals surface area contributed by atoms with Crippen molar-refractivity contribution in [2.75, 3.05) is 0 Å². The smallest absolute Gasteiger partial charge is 0.178 e. The highest BCUT2D eigenvalue weighted by Gasteiger charge is 2.10. The summed E-state index contributed by atoms with van der Waals surface area (Å²) in [6.07, 6.45) is 5.54. The zero-order chi connectivity index (χ0) is 13.8. The standard InChI is InChI=1S/C17H24N2.2BrH/c1-14-6-10-18(16(3)12-14)8-5-9-19-11-7-15(2)13-17(19)4;;/h6-7,10-13H,5,8-9H2,1-4H3;2*1H/q+2;;. The predicted octanol–water partition coefficient (Wildman–Crippen LogP) is 3.74. The largest absolute Gasteiger partial charge is 0.202 e. The molecule has 0 N–H and O–H groups in total. The Kier molecular flexibility index (Phi) is 8.98. The molecule has 0 fully saturated rings. The third kappa shape index (κ3) is 5.87. The Labute approximate surface area is 149 Å². The second-order valence-corrected chi connectivity index (χ2v) is 5.43. The number of pyridine rings is 2. The molecule has 0 aliphatic heterocycles. The summed E-state index contributed by atoms with van der Waals surface area (Å²) >= 11 is 0. The zero-order valence-electron chi connectivity index (χ0n) is 13.3. The third-order valence-electron chi connectivity index (χ3n) is 3.61. The lowest BCUT2D eigenvalue weighted by Crippen LogP contribution is -2.42. The number of hydrogen-bond donors (Lipinski definition) is 0. The van der Waals surface area contributed by atoms with Gasteiger partial charge in [0.25, 0.3) is 0 Å². The van der Waals surface area contributed by atoms with E-state index in [2.05, 4.69) is 73.5 Å². The zero-order valence-corrected chi connectivity index (χ0v) is 16.7. The average molecular weight is 418 g/mol. The van der Waals surface area contributed by atoms with Crippen LogP contribution in [0.25, 0.3) is 0 Å². The van der Waals surface area contributed by atoms with Crippen LogP contribution >= 0.6 is 34.0 Å². The summed E-state index contributed by atoms with van der Waals surface area (Å²) in [5.41, 5.74) is 5.34. The Bertz CT molecular complexity index is 531. The maximum atomic E-state index is 2.33. The molecule has 2 aromatic heterocycles. The van der Waals surface area contributed by atoms with E-state index >= 15 is 0 Å². The van der Waals surface area contributed by atoms with Crippen molar-refractivity contribution in [1.29, 1.82) is 0 Å². The van der Waals surface area contributed by atoms with E-state index in [-0.39, 0.29) is 34.0 Å². The highest BCUT2D eigenvalue weighted by atomic mass is 79.9. The lowest BCUT2D eigenvalue weighted by molar-refractivity contribution is -0.732. The van der Waals surface area contributed by atoms with Crippen molar-refractivity contribution in [3.8, 4) is 0 Å². The molecule has 2 aromatic rings. The number of aryl methyl sites for hydroxylation is 6. The first-order chi connectivity index (χ1) is 9.06. The van der Waals surface area contributed by atoms with E-state index in [1.807, 2.05) is 0 Å². The number of rotatable bonds is 4. The number of halogens is 2. The molecule has 0 atom stereocenters. The van der Waals surface area contributed by atoms with Crippen LogP contribution in [-0.4, -0.2) is 0 Å². The van der Waals surface area contributed by atoms with Gasteiger partial charge in [0.2, 0.25) is 0 Å². The number of hydrogen-bond acceptors (Lipinski definition) is 0. The molecular weight excluding hydrogens is 392 g/mol. The lowest BCUT2D eigenvalue weighted by Gasteiger charge is -2.02. The molecule has 0 aromatic carbocycles. The average Bonchev–Trinajstić information content (AvgIpc) is 2.34. The van der Waals surface area contributed by atoms with E-state index in [1.54, 1.807) is 0 Å². The second-order valence-electron chi connectivity index (χ2n) is 5.43. The fourth-order valence-electron chi connectivity index (χ4n) is 2.48. The first kappa shape index (κ1) is 20.3. The van der Waals surface area contributed by atoms with Gasteiger partial charge in [-0.2, -0.15) is 0 Å². The van der Waals surface area contributed by atoms with E-state index in [9.17, 15) is 0 Å². The Morgan fingerprint density at radius 2 is 1.10 bits per heavy atom. The molecule has 2 heterocycles. The van der Waals surface area contributed by atoms with Gasteiger partial charge in [-0.05, 0) is 25.0 Å². The van der Waals surface area contributed by atoms with Gasteiger partial charge in [-0.15, -0.1) is 34.0 Å². The van der Waals surface area contributed by atoms with Gasteiger partial charge in [0, 0.05) is 38.1 Å². The molecule has 0 unspecified atom stereocenters. The van der Waals surface area contributed by atoms with Gasteiger partial charge >= 0.3 is 0 Å². The van der Waals surface area contributed by atoms with E-state index in [1.165, 1.54) is 22.5 Å². The van der Waals surface area contributed by atoms with Crippen LogP contribution in [0.1, 0.15) is 28.9 Å². The van der Waals surface area contributed by atoms with E-state index in [0.29, 0.717) is 0 Å². The van der Waals surface area contributed by atoms with Crippen LogP contribution in [0.5, 0.6) is 0 Å². The minimum Gasteiger partial charge on any atom is -0.202 e. The molecular formula is C17H26Br2N2+2. The van der Waals surface area contributed by atoms with Crippen molar-refractivity contribution < 1.29 is 9.13 Å². The van der Waals surface area contributed by atoms with Crippen LogP contribution in [-0.2, 0) is 13.1 Å². The van der Waals surface area contributed by atoms with Gasteiger partial charge < -0.3 is 0 Å². The third-order valence-corrected chi connectivity index (χ3v) is 3.61. The van der Waals surface area contributed by atoms with Crippen molar-refractivity contribution in [3.05, 3.63) is 59.2 Å². The summed E-state index contributed by atoms with van der Waals surface area (Å²) in [7, 11) is 0. The molecule has 0 aliphatic carbocycles. The van der Waals surface area contributed by atoms with Crippen LogP contribution in [0.3, 0.4) is 0 Å². The Hall–Kier alpha value is -0.740. The minimum atomic E-state index is 0. The van der Waals surface area contributed by atoms with Crippen LogP contribution < -0.4 is 9.13 Å². The van der Waals surface area contributed by atoms with Gasteiger partial charge in [-0.3, -0.25) is 0 Å². The van der Waals surface area contributed by atoms with Gasteiger partial charge in [-0.25, -0.2) is 9.13 Å². The lowest BCUT2D eigenvalue weighted by atomic mass is 10.2. The first-order valence-electron chi connectivity index (χ1n) is 6.99. The molecule has 0 saturated carbocycles. The highest BCUT2D eigenvalue weighted by molar-refractivity contribution is 8.93. The van der Waals surface area contributed by atoms with Crippen molar-refractivity contribution in [1.82, 2.24) is 0 Å². The van der Waals surface area contributed by atoms with Crippen molar-refractivity contribution in [2.24, 2.45) is 0 Å². The Morgan fingerprint density at radius 1 is 0.714 bits per heavy atom. The molecule has 4 heteroatoms. The van der Waals surface area contributed by atoms with E-state index in [4.69, 9.17) is 0 Å². The monoisotopic (exact) mass is 416 g/mol. The summed E-state index contributed by atoms with van der Waals surface area (Å²) in [4.78, 5) is 0. The fraction of sp³-hybridized carbons (Fsp3) is 0.412. The van der Waals surface area contributed by atoms with Crippen LogP contribution in [0.15, 0.2) is 36.7 Å². The molecule has 0 saturated heterocycles. The summed E-state index contributed by atoms with van der Waals surface area (Å²) in [6, 6.07) is 8.84. The summed E-state index contributed by atoms with van der Waals surface area (Å²) in [6.45, 7) is 10.8. The molecule has 0 amide bonds. The summed E-state index contributed by atoms with van der Waals surface area (Å²) in [5.74, 6) is 0. The molecule has 0 radical (unpaired) electrons. The summed E-state index contributed by atoms with van der Waals surface area (Å²) < 4.78 is 4.66. The molecule has 2 rings (SSSR count). The normalized spacial score (nSPS) is 9.71. The van der Waals surface area contributed by atoms with Crippen LogP contribution in [0.2, 0.25) is 0 Å². The van der Waals surface area contributed by atoms with Gasteiger partial charge in [0.05, 0.1) is 6.42 Å². The molecule has 116 valence electrons. The molecule has 2 nitrogen and oxygen atoms in total. The van der Waals surface area contributed by atoms with Crippen LogP contribution in [0.4, 0.5) is 0 Å². The molecule has 21 heavy (non-hydrogen) atoms. The van der Waals surface area contributed by atoms with Crippen molar-refractivity contribution in [3.63, 3.8) is 0 Å². The topological polar surface area (TPSA) is 7.76 Å². The number of aromatic nitrogens is 2. The SMILES string of the molecule is Br.Br.Cc1cc[n+](CCC[n+]2ccc(C)cc2C)c(C)c1. The van der Waals surface area contributed by atoms with Crippen LogP contribution in [0, 0.1) is 27.7 Å².